The van der Waals surface area contributed by atoms with Gasteiger partial charge in [-0.1, -0.05) is 18.2 Å². The number of benzene rings is 1. The third-order valence-electron chi connectivity index (χ3n) is 7.52. The van der Waals surface area contributed by atoms with Crippen LogP contribution in [0.4, 0.5) is 4.39 Å². The fraction of sp³-hybridized carbons (Fsp3) is 0.355. The number of ketones is 1. The first-order valence-electron chi connectivity index (χ1n) is 13.9. The van der Waals surface area contributed by atoms with Crippen molar-refractivity contribution in [1.82, 2.24) is 24.8 Å². The molecule has 10 nitrogen and oxygen atoms in total. The van der Waals surface area contributed by atoms with Gasteiger partial charge in [-0.2, -0.15) is 14.6 Å². The maximum Gasteiger partial charge on any atom is 0.257 e. The van der Waals surface area contributed by atoms with Crippen molar-refractivity contribution in [1.29, 1.82) is 0 Å². The molecule has 3 aromatic heterocycles. The third kappa shape index (κ3) is 5.89. The molecule has 0 saturated carbocycles. The third-order valence-corrected chi connectivity index (χ3v) is 7.52. The SMILES string of the molecule is COCCN1C[C@@H](CC(=O)Cc2c(C)c(-c3cnc4c(c3)OCCO4)nn2-c2ccccc2)[C@H](c2ccnc(F)c2)O1. The first-order valence-corrected chi connectivity index (χ1v) is 13.9. The van der Waals surface area contributed by atoms with Crippen LogP contribution in [0.25, 0.3) is 16.9 Å². The van der Waals surface area contributed by atoms with Crippen molar-refractivity contribution in [3.8, 4) is 28.6 Å². The van der Waals surface area contributed by atoms with E-state index in [0.29, 0.717) is 55.8 Å². The second-order valence-electron chi connectivity index (χ2n) is 10.4. The van der Waals surface area contributed by atoms with E-state index in [4.69, 9.17) is 24.1 Å². The monoisotopic (exact) mass is 573 g/mol. The Morgan fingerprint density at radius 3 is 2.76 bits per heavy atom. The summed E-state index contributed by atoms with van der Waals surface area (Å²) in [7, 11) is 1.63. The lowest BCUT2D eigenvalue weighted by molar-refractivity contribution is -0.155. The summed E-state index contributed by atoms with van der Waals surface area (Å²) in [5.74, 6) is 0.306. The Balaban J connectivity index is 1.29. The Kier molecular flexibility index (Phi) is 8.22. The predicted octanol–water partition coefficient (Wildman–Crippen LogP) is 4.30. The normalized spacial score (nSPS) is 18.4. The second kappa shape index (κ2) is 12.4. The molecule has 6 rings (SSSR count). The summed E-state index contributed by atoms with van der Waals surface area (Å²) >= 11 is 0. The Morgan fingerprint density at radius 1 is 1.12 bits per heavy atom. The number of hydrogen-bond donors (Lipinski definition) is 0. The maximum absolute atomic E-state index is 14.0. The van der Waals surface area contributed by atoms with Gasteiger partial charge in [0.25, 0.3) is 5.88 Å². The van der Waals surface area contributed by atoms with Crippen LogP contribution in [-0.2, 0) is 20.8 Å². The molecule has 2 atom stereocenters. The smallest absolute Gasteiger partial charge is 0.257 e. The molecule has 2 aliphatic heterocycles. The van der Waals surface area contributed by atoms with E-state index in [-0.39, 0.29) is 24.5 Å². The van der Waals surface area contributed by atoms with E-state index in [1.165, 1.54) is 12.3 Å². The van der Waals surface area contributed by atoms with Gasteiger partial charge in [0.2, 0.25) is 5.95 Å². The molecule has 2 aliphatic rings. The molecule has 5 heterocycles. The topological polar surface area (TPSA) is 101 Å². The number of Topliss-reactive ketones (excluding diaryl/α,β-unsaturated/α-hetero) is 1. The number of methoxy groups -OCH3 is 1. The summed E-state index contributed by atoms with van der Waals surface area (Å²) in [5.41, 5.74) is 4.66. The zero-order chi connectivity index (χ0) is 29.1. The highest BCUT2D eigenvalue weighted by Crippen LogP contribution is 2.38. The minimum absolute atomic E-state index is 0.0312. The molecule has 218 valence electrons. The van der Waals surface area contributed by atoms with Crippen molar-refractivity contribution in [3.05, 3.63) is 83.7 Å². The predicted molar refractivity (Wildman–Crippen MR) is 151 cm³/mol. The molecule has 0 aliphatic carbocycles. The number of ether oxygens (including phenoxy) is 3. The largest absolute Gasteiger partial charge is 0.484 e. The highest BCUT2D eigenvalue weighted by atomic mass is 19.1. The average Bonchev–Trinajstić information content (AvgIpc) is 3.56. The van der Waals surface area contributed by atoms with Crippen LogP contribution in [0.2, 0.25) is 0 Å². The number of hydrogen-bond acceptors (Lipinski definition) is 9. The molecule has 1 aromatic carbocycles. The number of aromatic nitrogens is 4. The first kappa shape index (κ1) is 28.0. The van der Waals surface area contributed by atoms with Gasteiger partial charge >= 0.3 is 0 Å². The van der Waals surface area contributed by atoms with Crippen LogP contribution in [0.5, 0.6) is 11.6 Å². The van der Waals surface area contributed by atoms with Crippen molar-refractivity contribution in [2.24, 2.45) is 5.92 Å². The molecule has 1 fully saturated rings. The number of carbonyl (C=O) groups excluding carboxylic acids is 1. The van der Waals surface area contributed by atoms with Gasteiger partial charge in [-0.15, -0.1) is 0 Å². The van der Waals surface area contributed by atoms with Crippen LogP contribution in [0.1, 0.15) is 29.3 Å². The lowest BCUT2D eigenvalue weighted by Gasteiger charge is -2.18. The van der Waals surface area contributed by atoms with E-state index in [0.717, 1.165) is 22.5 Å². The zero-order valence-corrected chi connectivity index (χ0v) is 23.5. The number of fused-ring (bicyclic) bond motifs is 1. The van der Waals surface area contributed by atoms with Crippen LogP contribution in [0.15, 0.2) is 60.9 Å². The van der Waals surface area contributed by atoms with Gasteiger partial charge in [0.1, 0.15) is 25.1 Å². The van der Waals surface area contributed by atoms with Crippen molar-refractivity contribution < 1.29 is 28.2 Å². The molecule has 11 heteroatoms. The first-order chi connectivity index (χ1) is 20.5. The molecule has 0 bridgehead atoms. The van der Waals surface area contributed by atoms with E-state index < -0.39 is 12.1 Å². The molecule has 0 unspecified atom stereocenters. The van der Waals surface area contributed by atoms with Crippen molar-refractivity contribution in [2.75, 3.05) is 40.0 Å². The van der Waals surface area contributed by atoms with Gasteiger partial charge in [0, 0.05) is 56.9 Å². The Bertz CT molecular complexity index is 1560. The maximum atomic E-state index is 14.0. The van der Waals surface area contributed by atoms with Gasteiger partial charge < -0.3 is 14.2 Å². The van der Waals surface area contributed by atoms with Crippen LogP contribution in [0, 0.1) is 18.8 Å². The number of hydroxylamine groups is 2. The number of pyridine rings is 2. The Labute approximate surface area is 243 Å². The fourth-order valence-electron chi connectivity index (χ4n) is 5.49. The molecule has 42 heavy (non-hydrogen) atoms. The molecule has 0 radical (unpaired) electrons. The molecule has 0 spiro atoms. The summed E-state index contributed by atoms with van der Waals surface area (Å²) in [6.07, 6.45) is 3.08. The molecule has 1 saturated heterocycles. The quantitative estimate of drug-likeness (QED) is 0.257. The molecular weight excluding hydrogens is 541 g/mol. The standard InChI is InChI=1S/C31H32FN5O5/c1-20-26(17-25(38)14-23-19-36(10-11-39-2)42-30(23)21-8-9-33-28(32)16-21)37(24-6-4-3-5-7-24)35-29(20)22-15-27-31(34-18-22)41-13-12-40-27/h3-9,15-16,18,23,30H,10-14,17,19H2,1-2H3/t23-,30+/m1/s1. The Morgan fingerprint density at radius 2 is 1.95 bits per heavy atom. The van der Waals surface area contributed by atoms with E-state index in [9.17, 15) is 9.18 Å². The number of para-hydroxylation sites is 1. The fourth-order valence-corrected chi connectivity index (χ4v) is 5.49. The summed E-state index contributed by atoms with van der Waals surface area (Å²) in [4.78, 5) is 28.0. The van der Waals surface area contributed by atoms with Gasteiger partial charge in [0.05, 0.1) is 23.7 Å². The van der Waals surface area contributed by atoms with Gasteiger partial charge in [-0.25, -0.2) is 14.6 Å². The van der Waals surface area contributed by atoms with Crippen LogP contribution < -0.4 is 9.47 Å². The van der Waals surface area contributed by atoms with E-state index >= 15 is 0 Å². The van der Waals surface area contributed by atoms with Crippen LogP contribution in [0.3, 0.4) is 0 Å². The molecule has 4 aromatic rings. The lowest BCUT2D eigenvalue weighted by atomic mass is 9.91. The average molecular weight is 574 g/mol. The highest BCUT2D eigenvalue weighted by Gasteiger charge is 2.37. The van der Waals surface area contributed by atoms with Crippen molar-refractivity contribution in [3.63, 3.8) is 0 Å². The summed E-state index contributed by atoms with van der Waals surface area (Å²) in [6.45, 7) is 4.42. The number of carbonyl (C=O) groups is 1. The van der Waals surface area contributed by atoms with E-state index in [1.54, 1.807) is 24.4 Å². The summed E-state index contributed by atoms with van der Waals surface area (Å²) < 4.78 is 32.4. The molecule has 0 amide bonds. The minimum Gasteiger partial charge on any atom is -0.484 e. The van der Waals surface area contributed by atoms with Crippen LogP contribution in [-0.4, -0.2) is 70.6 Å². The zero-order valence-electron chi connectivity index (χ0n) is 23.5. The lowest BCUT2D eigenvalue weighted by Crippen LogP contribution is -2.24. The van der Waals surface area contributed by atoms with Crippen molar-refractivity contribution in [2.45, 2.75) is 25.9 Å². The van der Waals surface area contributed by atoms with Crippen molar-refractivity contribution >= 4 is 5.78 Å². The second-order valence-corrected chi connectivity index (χ2v) is 10.4. The minimum atomic E-state index is -0.583. The Hall–Kier alpha value is -4.19. The molecular formula is C31H32FN5O5. The van der Waals surface area contributed by atoms with E-state index in [1.807, 2.05) is 48.0 Å². The summed E-state index contributed by atoms with van der Waals surface area (Å²) in [6, 6.07) is 14.7. The highest BCUT2D eigenvalue weighted by molar-refractivity contribution is 5.82. The van der Waals surface area contributed by atoms with E-state index in [2.05, 4.69) is 9.97 Å². The number of nitrogens with zero attached hydrogens (tertiary/aromatic N) is 5. The van der Waals surface area contributed by atoms with Crippen LogP contribution >= 0.6 is 0 Å². The van der Waals surface area contributed by atoms with Gasteiger partial charge in [0.15, 0.2) is 5.75 Å². The van der Waals surface area contributed by atoms with Gasteiger partial charge in [-0.3, -0.25) is 9.63 Å². The molecule has 0 N–H and O–H groups in total. The summed E-state index contributed by atoms with van der Waals surface area (Å²) in [5, 5.41) is 6.72. The van der Waals surface area contributed by atoms with Gasteiger partial charge in [-0.05, 0) is 48.4 Å². The number of halogens is 1. The number of rotatable bonds is 10.